The van der Waals surface area contributed by atoms with E-state index in [1.807, 2.05) is 6.07 Å². The van der Waals surface area contributed by atoms with Crippen LogP contribution in [0.5, 0.6) is 5.75 Å². The summed E-state index contributed by atoms with van der Waals surface area (Å²) in [5, 5.41) is 15.3. The van der Waals surface area contributed by atoms with Crippen LogP contribution in [0.4, 0.5) is 19.0 Å². The number of carbonyl (C=O) groups is 2. The molecule has 10 heteroatoms. The highest BCUT2D eigenvalue weighted by Gasteiger charge is 2.30. The molecule has 0 fully saturated rings. The van der Waals surface area contributed by atoms with Gasteiger partial charge in [0.25, 0.3) is 0 Å². The van der Waals surface area contributed by atoms with Gasteiger partial charge in [-0.2, -0.15) is 13.2 Å². The molecule has 4 aromatic rings. The number of halogens is 3. The van der Waals surface area contributed by atoms with E-state index in [0.717, 1.165) is 12.1 Å². The molecule has 40 heavy (non-hydrogen) atoms. The molecule has 0 aliphatic heterocycles. The number of phenolic OH excluding ortho intramolecular Hbond substituents is 1. The zero-order valence-electron chi connectivity index (χ0n) is 21.2. The fourth-order valence-electron chi connectivity index (χ4n) is 4.19. The number of nitrogens with two attached hydrogens (primary N) is 1. The fraction of sp³-hybridized carbons (Fsp3) is 0.167. The third-order valence-electron chi connectivity index (χ3n) is 6.29. The number of amides is 2. The van der Waals surface area contributed by atoms with E-state index in [1.165, 1.54) is 30.5 Å². The summed E-state index contributed by atoms with van der Waals surface area (Å²) in [6.45, 7) is -0.0383. The zero-order valence-corrected chi connectivity index (χ0v) is 21.2. The van der Waals surface area contributed by atoms with Gasteiger partial charge in [0.1, 0.15) is 17.6 Å². The molecule has 2 unspecified atom stereocenters. The summed E-state index contributed by atoms with van der Waals surface area (Å²) in [7, 11) is 0. The highest BCUT2D eigenvalue weighted by molar-refractivity contribution is 5.92. The number of pyridine rings is 1. The first-order chi connectivity index (χ1) is 19.1. The fourth-order valence-corrected chi connectivity index (χ4v) is 4.19. The van der Waals surface area contributed by atoms with Gasteiger partial charge in [-0.1, -0.05) is 60.7 Å². The van der Waals surface area contributed by atoms with Crippen LogP contribution in [0.1, 0.15) is 33.7 Å². The number of benzene rings is 3. The molecule has 1 aromatic heterocycles. The Morgan fingerprint density at radius 3 is 2.05 bits per heavy atom. The number of aromatic hydroxyl groups is 1. The molecule has 0 aliphatic rings. The molecule has 7 nitrogen and oxygen atoms in total. The number of phenols is 1. The van der Waals surface area contributed by atoms with E-state index in [-0.39, 0.29) is 18.7 Å². The van der Waals surface area contributed by atoms with Crippen molar-refractivity contribution in [3.8, 4) is 5.75 Å². The van der Waals surface area contributed by atoms with Crippen LogP contribution in [0.3, 0.4) is 0 Å². The van der Waals surface area contributed by atoms with Gasteiger partial charge in [-0.3, -0.25) is 9.59 Å². The monoisotopic (exact) mass is 548 g/mol. The Morgan fingerprint density at radius 1 is 0.825 bits per heavy atom. The lowest BCUT2D eigenvalue weighted by atomic mass is 9.90. The van der Waals surface area contributed by atoms with Crippen LogP contribution in [0.2, 0.25) is 0 Å². The number of hydrogen-bond donors (Lipinski definition) is 4. The summed E-state index contributed by atoms with van der Waals surface area (Å²) in [6.07, 6.45) is -2.86. The molecule has 0 aliphatic carbocycles. The van der Waals surface area contributed by atoms with Gasteiger partial charge in [-0.15, -0.1) is 0 Å². The number of nitrogens with one attached hydrogen (secondary N) is 2. The molecule has 5 N–H and O–H groups in total. The zero-order chi connectivity index (χ0) is 28.7. The van der Waals surface area contributed by atoms with Gasteiger partial charge >= 0.3 is 6.18 Å². The molecular weight excluding hydrogens is 521 g/mol. The minimum atomic E-state index is -4.46. The molecule has 0 spiro atoms. The van der Waals surface area contributed by atoms with Gasteiger partial charge in [0.05, 0.1) is 11.5 Å². The van der Waals surface area contributed by atoms with Crippen LogP contribution in [-0.2, 0) is 28.7 Å². The van der Waals surface area contributed by atoms with E-state index in [1.54, 1.807) is 48.5 Å². The number of anilines is 1. The van der Waals surface area contributed by atoms with Crippen LogP contribution < -0.4 is 16.4 Å². The summed E-state index contributed by atoms with van der Waals surface area (Å²) in [5.41, 5.74) is 7.29. The number of rotatable bonds is 9. The molecule has 2 atom stereocenters. The lowest BCUT2D eigenvalue weighted by molar-refractivity contribution is -0.137. The predicted molar refractivity (Wildman–Crippen MR) is 144 cm³/mol. The quantitative estimate of drug-likeness (QED) is 0.245. The van der Waals surface area contributed by atoms with Crippen molar-refractivity contribution in [2.75, 3.05) is 5.73 Å². The van der Waals surface area contributed by atoms with E-state index in [4.69, 9.17) is 5.73 Å². The molecule has 0 saturated heterocycles. The molecule has 4 rings (SSSR count). The van der Waals surface area contributed by atoms with Crippen LogP contribution in [-0.4, -0.2) is 27.9 Å². The number of nitrogens with zero attached hydrogens (tertiary/aromatic N) is 1. The number of aromatic nitrogens is 1. The summed E-state index contributed by atoms with van der Waals surface area (Å²) in [6, 6.07) is 21.9. The first-order valence-corrected chi connectivity index (χ1v) is 12.4. The van der Waals surface area contributed by atoms with E-state index in [9.17, 15) is 27.9 Å². The van der Waals surface area contributed by atoms with E-state index >= 15 is 0 Å². The van der Waals surface area contributed by atoms with Gasteiger partial charge in [0.2, 0.25) is 11.8 Å². The van der Waals surface area contributed by atoms with Crippen LogP contribution >= 0.6 is 0 Å². The minimum Gasteiger partial charge on any atom is -0.508 e. The van der Waals surface area contributed by atoms with Crippen molar-refractivity contribution in [1.29, 1.82) is 0 Å². The second-order valence-electron chi connectivity index (χ2n) is 9.20. The van der Waals surface area contributed by atoms with Crippen molar-refractivity contribution in [3.05, 3.63) is 125 Å². The number of nitrogen functional groups attached to an aromatic ring is 1. The predicted octanol–water partition coefficient (Wildman–Crippen LogP) is 4.56. The lowest BCUT2D eigenvalue weighted by Gasteiger charge is -2.23. The van der Waals surface area contributed by atoms with Gasteiger partial charge in [0, 0.05) is 19.2 Å². The van der Waals surface area contributed by atoms with Crippen molar-refractivity contribution in [1.82, 2.24) is 15.6 Å². The third-order valence-corrected chi connectivity index (χ3v) is 6.29. The maximum absolute atomic E-state index is 13.7. The van der Waals surface area contributed by atoms with E-state index in [2.05, 4.69) is 15.6 Å². The molecule has 0 saturated carbocycles. The SMILES string of the molecule is Nc1ccc(CC(NC(=O)C(c2ccccc2)c2ccc(O)cc2)C(=O)NCc2ccc(C(F)(F)F)cc2)cn1. The molecule has 1 heterocycles. The topological polar surface area (TPSA) is 117 Å². The minimum absolute atomic E-state index is 0.0383. The molecule has 2 amide bonds. The van der Waals surface area contributed by atoms with Crippen molar-refractivity contribution < 1.29 is 27.9 Å². The number of carbonyl (C=O) groups excluding carboxylic acids is 2. The Morgan fingerprint density at radius 2 is 1.45 bits per heavy atom. The Balaban J connectivity index is 1.56. The molecule has 3 aromatic carbocycles. The summed E-state index contributed by atoms with van der Waals surface area (Å²) >= 11 is 0. The molecule has 206 valence electrons. The standard InChI is InChI=1S/C30H27F3N4O3/c31-30(32,33)23-11-6-19(7-12-23)17-36-28(39)25(16-20-8-15-26(34)35-18-20)37-29(40)27(21-4-2-1-3-5-21)22-9-13-24(38)14-10-22/h1-15,18,25,27,38H,16-17H2,(H2,34,35)(H,36,39)(H,37,40). The average molecular weight is 549 g/mol. The maximum Gasteiger partial charge on any atom is 0.416 e. The van der Waals surface area contributed by atoms with Gasteiger partial charge < -0.3 is 21.5 Å². The maximum atomic E-state index is 13.7. The van der Waals surface area contributed by atoms with Crippen molar-refractivity contribution in [2.45, 2.75) is 31.1 Å². The van der Waals surface area contributed by atoms with E-state index < -0.39 is 35.5 Å². The summed E-state index contributed by atoms with van der Waals surface area (Å²) < 4.78 is 38.7. The summed E-state index contributed by atoms with van der Waals surface area (Å²) in [5.74, 6) is -1.41. The second-order valence-corrected chi connectivity index (χ2v) is 9.20. The Bertz CT molecular complexity index is 1430. The van der Waals surface area contributed by atoms with Gasteiger partial charge in [0.15, 0.2) is 0 Å². The molecule has 0 bridgehead atoms. The first kappa shape index (κ1) is 28.2. The highest BCUT2D eigenvalue weighted by Crippen LogP contribution is 2.29. The van der Waals surface area contributed by atoms with Gasteiger partial charge in [-0.25, -0.2) is 4.98 Å². The highest BCUT2D eigenvalue weighted by atomic mass is 19.4. The normalized spacial score (nSPS) is 12.8. The molecule has 0 radical (unpaired) electrons. The average Bonchev–Trinajstić information content (AvgIpc) is 2.94. The van der Waals surface area contributed by atoms with Crippen molar-refractivity contribution in [2.24, 2.45) is 0 Å². The van der Waals surface area contributed by atoms with Crippen molar-refractivity contribution >= 4 is 17.6 Å². The Hall–Kier alpha value is -4.86. The van der Waals surface area contributed by atoms with Crippen LogP contribution in [0.25, 0.3) is 0 Å². The smallest absolute Gasteiger partial charge is 0.416 e. The first-order valence-electron chi connectivity index (χ1n) is 12.4. The van der Waals surface area contributed by atoms with Gasteiger partial charge in [-0.05, 0) is 52.6 Å². The lowest BCUT2D eigenvalue weighted by Crippen LogP contribution is -2.49. The third kappa shape index (κ3) is 7.37. The largest absolute Gasteiger partial charge is 0.508 e. The number of alkyl halides is 3. The molecular formula is C30H27F3N4O3. The Kier molecular flexibility index (Phi) is 8.68. The van der Waals surface area contributed by atoms with Crippen molar-refractivity contribution in [3.63, 3.8) is 0 Å². The van der Waals surface area contributed by atoms with E-state index in [0.29, 0.717) is 28.1 Å². The second kappa shape index (κ2) is 12.3. The van der Waals surface area contributed by atoms with Crippen LogP contribution in [0.15, 0.2) is 97.2 Å². The summed E-state index contributed by atoms with van der Waals surface area (Å²) in [4.78, 5) is 31.1. The number of hydrogen-bond acceptors (Lipinski definition) is 5. The Labute approximate surface area is 228 Å². The van der Waals surface area contributed by atoms with Crippen LogP contribution in [0, 0.1) is 0 Å².